The van der Waals surface area contributed by atoms with Gasteiger partial charge < -0.3 is 9.73 Å². The molecule has 0 saturated carbocycles. The number of aryl methyl sites for hydroxylation is 1. The van der Waals surface area contributed by atoms with Gasteiger partial charge in [0, 0.05) is 19.9 Å². The molecule has 0 atom stereocenters. The average Bonchev–Trinajstić information content (AvgIpc) is 2.84. The molecule has 0 fully saturated rings. The monoisotopic (exact) mass is 421 g/mol. The summed E-state index contributed by atoms with van der Waals surface area (Å²) >= 11 is 6.83. The Morgan fingerprint density at radius 2 is 2.00 bits per heavy atom. The van der Waals surface area contributed by atoms with Crippen molar-refractivity contribution in [3.05, 3.63) is 62.7 Å². The van der Waals surface area contributed by atoms with Gasteiger partial charge in [-0.25, -0.2) is 0 Å². The summed E-state index contributed by atoms with van der Waals surface area (Å²) in [5.41, 5.74) is 3.59. The van der Waals surface area contributed by atoms with E-state index in [0.717, 1.165) is 36.7 Å². The van der Waals surface area contributed by atoms with E-state index in [1.165, 1.54) is 0 Å². The topological polar surface area (TPSA) is 42.2 Å². The number of anilines is 1. The second kappa shape index (κ2) is 6.26. The van der Waals surface area contributed by atoms with Crippen molar-refractivity contribution in [3.8, 4) is 0 Å². The van der Waals surface area contributed by atoms with E-state index >= 15 is 0 Å². The van der Waals surface area contributed by atoms with Crippen LogP contribution in [0.2, 0.25) is 0 Å². The van der Waals surface area contributed by atoms with Crippen molar-refractivity contribution in [1.29, 1.82) is 0 Å². The third-order valence-electron chi connectivity index (χ3n) is 3.37. The zero-order chi connectivity index (χ0) is 15.7. The number of hydrogen-bond donors (Lipinski definition) is 1. The lowest BCUT2D eigenvalue weighted by atomic mass is 10.1. The van der Waals surface area contributed by atoms with Gasteiger partial charge >= 0.3 is 0 Å². The average molecular weight is 423 g/mol. The molecule has 1 heterocycles. The number of nitrogens with one attached hydrogen (secondary N) is 1. The Kier molecular flexibility index (Phi) is 4.36. The summed E-state index contributed by atoms with van der Waals surface area (Å²) in [5.74, 6) is -0.0775. The summed E-state index contributed by atoms with van der Waals surface area (Å²) in [6.45, 7) is 2.01. The molecule has 3 aromatic rings. The van der Waals surface area contributed by atoms with Crippen LogP contribution in [0.3, 0.4) is 0 Å². The highest BCUT2D eigenvalue weighted by Crippen LogP contribution is 2.27. The molecule has 0 unspecified atom stereocenters. The van der Waals surface area contributed by atoms with Crippen molar-refractivity contribution < 1.29 is 9.21 Å². The van der Waals surface area contributed by atoms with E-state index in [4.69, 9.17) is 4.42 Å². The summed E-state index contributed by atoms with van der Waals surface area (Å²) in [6, 6.07) is 11.6. The highest BCUT2D eigenvalue weighted by Gasteiger charge is 2.12. The fourth-order valence-electron chi connectivity index (χ4n) is 2.29. The van der Waals surface area contributed by atoms with E-state index in [1.54, 1.807) is 6.26 Å². The zero-order valence-corrected chi connectivity index (χ0v) is 15.0. The molecule has 5 heteroatoms. The Morgan fingerprint density at radius 3 is 2.77 bits per heavy atom. The van der Waals surface area contributed by atoms with E-state index in [1.807, 2.05) is 43.3 Å². The molecule has 1 N–H and O–H groups in total. The van der Waals surface area contributed by atoms with Gasteiger partial charge in [-0.05, 0) is 52.7 Å². The minimum absolute atomic E-state index is 0.0775. The molecule has 1 amide bonds. The molecule has 22 heavy (non-hydrogen) atoms. The fourth-order valence-corrected chi connectivity index (χ4v) is 3.43. The third kappa shape index (κ3) is 3.25. The largest absolute Gasteiger partial charge is 0.464 e. The highest BCUT2D eigenvalue weighted by molar-refractivity contribution is 9.11. The van der Waals surface area contributed by atoms with Crippen LogP contribution >= 0.6 is 31.9 Å². The number of rotatable bonds is 3. The second-order valence-corrected chi connectivity index (χ2v) is 6.88. The lowest BCUT2D eigenvalue weighted by molar-refractivity contribution is -0.115. The van der Waals surface area contributed by atoms with Gasteiger partial charge in [0.2, 0.25) is 5.91 Å². The van der Waals surface area contributed by atoms with Crippen molar-refractivity contribution >= 4 is 54.4 Å². The minimum atomic E-state index is -0.0775. The molecule has 0 spiro atoms. The van der Waals surface area contributed by atoms with Crippen LogP contribution in [0, 0.1) is 6.92 Å². The van der Waals surface area contributed by atoms with Crippen LogP contribution in [0.5, 0.6) is 0 Å². The number of halogens is 2. The number of carbonyl (C=O) groups excluding carboxylic acids is 1. The van der Waals surface area contributed by atoms with Gasteiger partial charge in [-0.1, -0.05) is 28.1 Å². The Labute approximate surface area is 145 Å². The van der Waals surface area contributed by atoms with Crippen molar-refractivity contribution in [2.75, 3.05) is 5.32 Å². The van der Waals surface area contributed by atoms with Crippen LogP contribution in [0.4, 0.5) is 5.69 Å². The predicted octanol–water partition coefficient (Wildman–Crippen LogP) is 5.45. The number of fused-ring (bicyclic) bond motifs is 1. The van der Waals surface area contributed by atoms with Crippen LogP contribution in [0.25, 0.3) is 11.0 Å². The standard InChI is InChI=1S/C17H13Br2NO2/c1-10-2-4-13-11(9-22-16(13)6-10)7-17(21)20-15-5-3-12(18)8-14(15)19/h2-6,8-9H,7H2,1H3,(H,20,21). The summed E-state index contributed by atoms with van der Waals surface area (Å²) in [4.78, 5) is 12.2. The van der Waals surface area contributed by atoms with Crippen molar-refractivity contribution in [3.63, 3.8) is 0 Å². The van der Waals surface area contributed by atoms with Gasteiger partial charge in [-0.3, -0.25) is 4.79 Å². The van der Waals surface area contributed by atoms with Gasteiger partial charge in [0.1, 0.15) is 5.58 Å². The molecule has 3 nitrogen and oxygen atoms in total. The molecule has 1 aromatic heterocycles. The Hall–Kier alpha value is -1.59. The molecule has 112 valence electrons. The molecule has 0 bridgehead atoms. The fraction of sp³-hybridized carbons (Fsp3) is 0.118. The van der Waals surface area contributed by atoms with Gasteiger partial charge in [-0.15, -0.1) is 0 Å². The molecule has 0 aliphatic carbocycles. The van der Waals surface area contributed by atoms with Gasteiger partial charge in [0.05, 0.1) is 18.4 Å². The summed E-state index contributed by atoms with van der Waals surface area (Å²) in [5, 5.41) is 3.89. The first-order valence-electron chi connectivity index (χ1n) is 6.74. The number of hydrogen-bond acceptors (Lipinski definition) is 2. The molecule has 0 aliphatic rings. The molecule has 0 saturated heterocycles. The molecular weight excluding hydrogens is 410 g/mol. The van der Waals surface area contributed by atoms with E-state index in [0.29, 0.717) is 0 Å². The van der Waals surface area contributed by atoms with Crippen LogP contribution in [-0.4, -0.2) is 5.91 Å². The molecule has 0 aliphatic heterocycles. The van der Waals surface area contributed by atoms with E-state index in [9.17, 15) is 4.79 Å². The first-order chi connectivity index (χ1) is 10.5. The highest BCUT2D eigenvalue weighted by atomic mass is 79.9. The van der Waals surface area contributed by atoms with Crippen molar-refractivity contribution in [1.82, 2.24) is 0 Å². The maximum atomic E-state index is 12.2. The maximum Gasteiger partial charge on any atom is 0.228 e. The third-order valence-corrected chi connectivity index (χ3v) is 4.52. The SMILES string of the molecule is Cc1ccc2c(CC(=O)Nc3ccc(Br)cc3Br)coc2c1. The summed E-state index contributed by atoms with van der Waals surface area (Å²) in [7, 11) is 0. The van der Waals surface area contributed by atoms with E-state index < -0.39 is 0 Å². The smallest absolute Gasteiger partial charge is 0.228 e. The number of furan rings is 1. The van der Waals surface area contributed by atoms with Gasteiger partial charge in [-0.2, -0.15) is 0 Å². The number of amides is 1. The number of benzene rings is 2. The van der Waals surface area contributed by atoms with E-state index in [-0.39, 0.29) is 12.3 Å². The van der Waals surface area contributed by atoms with Gasteiger partial charge in [0.15, 0.2) is 0 Å². The Balaban J connectivity index is 1.78. The molecule has 3 rings (SSSR count). The van der Waals surface area contributed by atoms with E-state index in [2.05, 4.69) is 37.2 Å². The van der Waals surface area contributed by atoms with Crippen molar-refractivity contribution in [2.45, 2.75) is 13.3 Å². The van der Waals surface area contributed by atoms with Crippen molar-refractivity contribution in [2.24, 2.45) is 0 Å². The second-order valence-electron chi connectivity index (χ2n) is 5.11. The van der Waals surface area contributed by atoms with Crippen LogP contribution in [0.1, 0.15) is 11.1 Å². The summed E-state index contributed by atoms with van der Waals surface area (Å²) < 4.78 is 7.31. The maximum absolute atomic E-state index is 12.2. The lowest BCUT2D eigenvalue weighted by Crippen LogP contribution is -2.14. The van der Waals surface area contributed by atoms with Gasteiger partial charge in [0.25, 0.3) is 0 Å². The van der Waals surface area contributed by atoms with Crippen LogP contribution < -0.4 is 5.32 Å². The van der Waals surface area contributed by atoms with Crippen LogP contribution in [-0.2, 0) is 11.2 Å². The molecule has 0 radical (unpaired) electrons. The lowest BCUT2D eigenvalue weighted by Gasteiger charge is -2.07. The normalized spacial score (nSPS) is 10.9. The predicted molar refractivity (Wildman–Crippen MR) is 95.1 cm³/mol. The van der Waals surface area contributed by atoms with Crippen LogP contribution in [0.15, 0.2) is 56.0 Å². The zero-order valence-electron chi connectivity index (χ0n) is 11.8. The first-order valence-corrected chi connectivity index (χ1v) is 8.33. The number of carbonyl (C=O) groups is 1. The quantitative estimate of drug-likeness (QED) is 0.609. The molecular formula is C17H13Br2NO2. The first kappa shape index (κ1) is 15.3. The summed E-state index contributed by atoms with van der Waals surface area (Å²) in [6.07, 6.45) is 1.93. The Bertz CT molecular complexity index is 855. The molecule has 2 aromatic carbocycles. The minimum Gasteiger partial charge on any atom is -0.464 e. The Morgan fingerprint density at radius 1 is 1.18 bits per heavy atom.